The molecule has 3 aromatic carbocycles. The number of hydrogen-bond donors (Lipinski definition) is 0. The molecule has 1 heterocycles. The van der Waals surface area contributed by atoms with Gasteiger partial charge in [0.1, 0.15) is 11.6 Å². The lowest BCUT2D eigenvalue weighted by atomic mass is 10.2. The second-order valence-corrected chi connectivity index (χ2v) is 8.52. The lowest BCUT2D eigenvalue weighted by Gasteiger charge is -2.12. The summed E-state index contributed by atoms with van der Waals surface area (Å²) in [6.07, 6.45) is 3.80. The van der Waals surface area contributed by atoms with Gasteiger partial charge in [-0.3, -0.25) is 9.36 Å². The van der Waals surface area contributed by atoms with Crippen molar-refractivity contribution >= 4 is 61.6 Å². The third-order valence-electron chi connectivity index (χ3n) is 4.48. The van der Waals surface area contributed by atoms with Crippen LogP contribution in [0.1, 0.15) is 11.4 Å². The molecule has 0 unspecified atom stereocenters. The van der Waals surface area contributed by atoms with E-state index in [-0.39, 0.29) is 5.56 Å². The number of halogens is 2. The van der Waals surface area contributed by atoms with Crippen LogP contribution in [0.5, 0.6) is 5.75 Å². The maximum Gasteiger partial charge on any atom is 0.266 e. The quantitative estimate of drug-likeness (QED) is 0.292. The summed E-state index contributed by atoms with van der Waals surface area (Å²) in [4.78, 5) is 18.1. The van der Waals surface area contributed by atoms with Crippen molar-refractivity contribution in [2.75, 3.05) is 7.11 Å². The molecule has 0 radical (unpaired) electrons. The van der Waals surface area contributed by atoms with E-state index in [1.165, 1.54) is 0 Å². The second-order valence-electron chi connectivity index (χ2n) is 6.35. The van der Waals surface area contributed by atoms with Gasteiger partial charge in [0.2, 0.25) is 0 Å². The molecule has 0 atom stereocenters. The summed E-state index contributed by atoms with van der Waals surface area (Å²) in [6, 6.07) is 21.1. The Hall–Kier alpha value is -2.45. The summed E-state index contributed by atoms with van der Waals surface area (Å²) >= 11 is 5.66. The summed E-state index contributed by atoms with van der Waals surface area (Å²) < 4.78 is 8.80. The smallest absolute Gasteiger partial charge is 0.266 e. The number of fused-ring (bicyclic) bond motifs is 1. The summed E-state index contributed by atoms with van der Waals surface area (Å²) in [7, 11) is 1.64. The molecule has 0 N–H and O–H groups in total. The minimum absolute atomic E-state index is 0.0924. The average Bonchev–Trinajstić information content (AvgIpc) is 2.74. The van der Waals surface area contributed by atoms with E-state index in [1.807, 2.05) is 78.9 Å². The Morgan fingerprint density at radius 3 is 2.41 bits per heavy atom. The van der Waals surface area contributed by atoms with Crippen LogP contribution in [-0.2, 0) is 0 Å². The summed E-state index contributed by atoms with van der Waals surface area (Å²) in [5.41, 5.74) is 2.34. The molecule has 0 bridgehead atoms. The van der Waals surface area contributed by atoms with Crippen LogP contribution in [0.15, 0.2) is 76.0 Å². The Kier molecular flexibility index (Phi) is 5.82. The van der Waals surface area contributed by atoms with Crippen molar-refractivity contribution in [1.82, 2.24) is 9.55 Å². The topological polar surface area (TPSA) is 44.1 Å². The minimum Gasteiger partial charge on any atom is -0.497 e. The molecular formula is C23H16BrIN2O2. The monoisotopic (exact) mass is 558 g/mol. The Bertz CT molecular complexity index is 1260. The maximum atomic E-state index is 13.3. The number of rotatable bonds is 4. The SMILES string of the molecule is COc1ccc(C=Cc2nc3ccc(I)cc3c(=O)n2-c2ccc(Br)cc2)cc1. The van der Waals surface area contributed by atoms with Crippen LogP contribution in [0, 0.1) is 3.57 Å². The Morgan fingerprint density at radius 2 is 1.72 bits per heavy atom. The van der Waals surface area contributed by atoms with Gasteiger partial charge >= 0.3 is 0 Å². The van der Waals surface area contributed by atoms with Crippen molar-refractivity contribution < 1.29 is 4.74 Å². The van der Waals surface area contributed by atoms with E-state index >= 15 is 0 Å². The van der Waals surface area contributed by atoms with Gasteiger partial charge in [0.25, 0.3) is 5.56 Å². The van der Waals surface area contributed by atoms with Crippen molar-refractivity contribution in [1.29, 1.82) is 0 Å². The molecule has 4 nitrogen and oxygen atoms in total. The zero-order chi connectivity index (χ0) is 20.4. The average molecular weight is 559 g/mol. The number of ether oxygens (including phenoxy) is 1. The first-order valence-corrected chi connectivity index (χ1v) is 10.7. The van der Waals surface area contributed by atoms with Gasteiger partial charge in [0.05, 0.1) is 23.7 Å². The van der Waals surface area contributed by atoms with E-state index in [4.69, 9.17) is 9.72 Å². The zero-order valence-corrected chi connectivity index (χ0v) is 19.2. The van der Waals surface area contributed by atoms with Gasteiger partial charge in [-0.15, -0.1) is 0 Å². The van der Waals surface area contributed by atoms with Crippen LogP contribution in [0.25, 0.3) is 28.7 Å². The molecule has 0 spiro atoms. The fourth-order valence-corrected chi connectivity index (χ4v) is 3.77. The molecule has 29 heavy (non-hydrogen) atoms. The van der Waals surface area contributed by atoms with Crippen molar-refractivity contribution in [2.24, 2.45) is 0 Å². The van der Waals surface area contributed by atoms with E-state index in [1.54, 1.807) is 11.7 Å². The highest BCUT2D eigenvalue weighted by molar-refractivity contribution is 14.1. The molecule has 4 aromatic rings. The highest BCUT2D eigenvalue weighted by atomic mass is 127. The Labute approximate surface area is 190 Å². The summed E-state index contributed by atoms with van der Waals surface area (Å²) in [5.74, 6) is 1.37. The van der Waals surface area contributed by atoms with E-state index < -0.39 is 0 Å². The van der Waals surface area contributed by atoms with Gasteiger partial charge in [0, 0.05) is 8.04 Å². The van der Waals surface area contributed by atoms with Gasteiger partial charge in [-0.25, -0.2) is 4.98 Å². The van der Waals surface area contributed by atoms with Crippen LogP contribution in [0.4, 0.5) is 0 Å². The van der Waals surface area contributed by atoms with Gasteiger partial charge in [-0.2, -0.15) is 0 Å². The lowest BCUT2D eigenvalue weighted by molar-refractivity contribution is 0.415. The molecule has 0 saturated carbocycles. The predicted molar refractivity (Wildman–Crippen MR) is 130 cm³/mol. The maximum absolute atomic E-state index is 13.3. The Balaban J connectivity index is 1.89. The molecule has 144 valence electrons. The van der Waals surface area contributed by atoms with E-state index in [2.05, 4.69) is 38.5 Å². The molecule has 0 amide bonds. The highest BCUT2D eigenvalue weighted by Crippen LogP contribution is 2.20. The van der Waals surface area contributed by atoms with Gasteiger partial charge in [-0.05, 0) is 88.8 Å². The standard InChI is InChI=1S/C23H16BrIN2O2/c1-29-19-10-2-15(3-11-19)4-13-22-26-21-12-7-17(25)14-20(21)23(28)27(22)18-8-5-16(24)6-9-18/h2-14H,1H3. The first-order valence-electron chi connectivity index (χ1n) is 8.85. The van der Waals surface area contributed by atoms with E-state index in [0.29, 0.717) is 16.7 Å². The molecule has 6 heteroatoms. The summed E-state index contributed by atoms with van der Waals surface area (Å²) in [5, 5.41) is 0.599. The van der Waals surface area contributed by atoms with Crippen molar-refractivity contribution in [2.45, 2.75) is 0 Å². The number of benzene rings is 3. The van der Waals surface area contributed by atoms with Crippen molar-refractivity contribution in [3.8, 4) is 11.4 Å². The zero-order valence-electron chi connectivity index (χ0n) is 15.5. The number of hydrogen-bond acceptors (Lipinski definition) is 3. The minimum atomic E-state index is -0.0924. The van der Waals surface area contributed by atoms with Crippen LogP contribution >= 0.6 is 38.5 Å². The molecular weight excluding hydrogens is 543 g/mol. The molecule has 4 rings (SSSR count). The summed E-state index contributed by atoms with van der Waals surface area (Å²) in [6.45, 7) is 0. The lowest BCUT2D eigenvalue weighted by Crippen LogP contribution is -2.22. The normalized spacial score (nSPS) is 11.3. The van der Waals surface area contributed by atoms with E-state index in [0.717, 1.165) is 25.0 Å². The first kappa shape index (κ1) is 19.8. The van der Waals surface area contributed by atoms with Crippen molar-refractivity contribution in [3.05, 3.63) is 96.5 Å². The van der Waals surface area contributed by atoms with Crippen LogP contribution in [-0.4, -0.2) is 16.7 Å². The Morgan fingerprint density at radius 1 is 1.00 bits per heavy atom. The van der Waals surface area contributed by atoms with Gasteiger partial charge in [-0.1, -0.05) is 34.1 Å². The molecule has 0 aliphatic rings. The highest BCUT2D eigenvalue weighted by Gasteiger charge is 2.11. The molecule has 1 aromatic heterocycles. The number of aromatic nitrogens is 2. The van der Waals surface area contributed by atoms with Crippen molar-refractivity contribution in [3.63, 3.8) is 0 Å². The van der Waals surface area contributed by atoms with Crippen LogP contribution in [0.2, 0.25) is 0 Å². The van der Waals surface area contributed by atoms with Crippen LogP contribution in [0.3, 0.4) is 0 Å². The number of nitrogens with zero attached hydrogens (tertiary/aromatic N) is 2. The molecule has 0 aliphatic carbocycles. The largest absolute Gasteiger partial charge is 0.497 e. The molecule has 0 fully saturated rings. The second kappa shape index (κ2) is 8.51. The number of methoxy groups -OCH3 is 1. The van der Waals surface area contributed by atoms with E-state index in [9.17, 15) is 4.79 Å². The third kappa shape index (κ3) is 4.28. The first-order chi connectivity index (χ1) is 14.0. The predicted octanol–water partition coefficient (Wildman–Crippen LogP) is 5.93. The fourth-order valence-electron chi connectivity index (χ4n) is 3.01. The molecule has 0 saturated heterocycles. The van der Waals surface area contributed by atoms with Crippen LogP contribution < -0.4 is 10.3 Å². The molecule has 0 aliphatic heterocycles. The van der Waals surface area contributed by atoms with Gasteiger partial charge < -0.3 is 4.74 Å². The third-order valence-corrected chi connectivity index (χ3v) is 5.68. The fraction of sp³-hybridized carbons (Fsp3) is 0.0435. The van der Waals surface area contributed by atoms with Gasteiger partial charge in [0.15, 0.2) is 0 Å².